The molecule has 0 aromatic heterocycles. The lowest BCUT2D eigenvalue weighted by molar-refractivity contribution is -0.118. The molecule has 0 spiro atoms. The Labute approximate surface area is 125 Å². The van der Waals surface area contributed by atoms with E-state index >= 15 is 0 Å². The molecule has 0 radical (unpaired) electrons. The lowest BCUT2D eigenvalue weighted by Crippen LogP contribution is -2.48. The predicted molar refractivity (Wildman–Crippen MR) is 83.4 cm³/mol. The summed E-state index contributed by atoms with van der Waals surface area (Å²) in [4.78, 5) is 25.6. The number of nitrogens with one attached hydrogen (secondary N) is 2. The number of anilines is 1. The van der Waals surface area contributed by atoms with Gasteiger partial charge in [-0.2, -0.15) is 0 Å². The maximum atomic E-state index is 12.0. The molecule has 0 fully saturated rings. The van der Waals surface area contributed by atoms with Gasteiger partial charge in [0.2, 0.25) is 5.91 Å². The van der Waals surface area contributed by atoms with Gasteiger partial charge in [0.1, 0.15) is 0 Å². The Morgan fingerprint density at radius 2 is 2.10 bits per heavy atom. The van der Waals surface area contributed by atoms with Crippen molar-refractivity contribution in [1.82, 2.24) is 10.6 Å². The van der Waals surface area contributed by atoms with Crippen LogP contribution in [0.1, 0.15) is 32.3 Å². The molecule has 1 heterocycles. The summed E-state index contributed by atoms with van der Waals surface area (Å²) in [6.07, 6.45) is 2.90. The summed E-state index contributed by atoms with van der Waals surface area (Å²) in [6, 6.07) is 8.01. The summed E-state index contributed by atoms with van der Waals surface area (Å²) in [5.74, 6) is -0.271. The van der Waals surface area contributed by atoms with Gasteiger partial charge in [0.15, 0.2) is 0 Å². The molecule has 5 nitrogen and oxygen atoms in total. The van der Waals surface area contributed by atoms with Crippen molar-refractivity contribution in [2.75, 3.05) is 18.0 Å². The fourth-order valence-corrected chi connectivity index (χ4v) is 2.60. The SMILES string of the molecule is CCCNC(=O)NC(=O)CN1c2ccccc2CC[C@@H]1C. The summed E-state index contributed by atoms with van der Waals surface area (Å²) < 4.78 is 0. The van der Waals surface area contributed by atoms with Crippen LogP contribution < -0.4 is 15.5 Å². The Morgan fingerprint density at radius 1 is 1.33 bits per heavy atom. The number of nitrogens with zero attached hydrogens (tertiary/aromatic N) is 1. The van der Waals surface area contributed by atoms with E-state index in [4.69, 9.17) is 0 Å². The largest absolute Gasteiger partial charge is 0.359 e. The molecular formula is C16H23N3O2. The number of hydrogen-bond acceptors (Lipinski definition) is 3. The number of imide groups is 1. The maximum absolute atomic E-state index is 12.0. The van der Waals surface area contributed by atoms with E-state index in [0.717, 1.165) is 24.9 Å². The average molecular weight is 289 g/mol. The molecule has 21 heavy (non-hydrogen) atoms. The Morgan fingerprint density at radius 3 is 2.86 bits per heavy atom. The zero-order chi connectivity index (χ0) is 15.2. The van der Waals surface area contributed by atoms with E-state index in [1.165, 1.54) is 5.56 Å². The van der Waals surface area contributed by atoms with Crippen LogP contribution in [-0.2, 0) is 11.2 Å². The van der Waals surface area contributed by atoms with Crippen LogP contribution in [0.5, 0.6) is 0 Å². The van der Waals surface area contributed by atoms with E-state index in [0.29, 0.717) is 12.6 Å². The third kappa shape index (κ3) is 3.97. The fraction of sp³-hybridized carbons (Fsp3) is 0.500. The number of para-hydroxylation sites is 1. The topological polar surface area (TPSA) is 61.4 Å². The zero-order valence-corrected chi connectivity index (χ0v) is 12.7. The molecule has 0 aliphatic carbocycles. The average Bonchev–Trinajstić information content (AvgIpc) is 2.48. The van der Waals surface area contributed by atoms with Crippen molar-refractivity contribution < 1.29 is 9.59 Å². The number of rotatable bonds is 4. The number of hydrogen-bond donors (Lipinski definition) is 2. The number of fused-ring (bicyclic) bond motifs is 1. The molecule has 1 aromatic rings. The molecule has 114 valence electrons. The van der Waals surface area contributed by atoms with Crippen LogP contribution in [-0.4, -0.2) is 31.1 Å². The van der Waals surface area contributed by atoms with Crippen molar-refractivity contribution >= 4 is 17.6 Å². The number of carbonyl (C=O) groups excluding carboxylic acids is 2. The first-order chi connectivity index (χ1) is 10.1. The molecule has 0 bridgehead atoms. The van der Waals surface area contributed by atoms with Gasteiger partial charge in [0, 0.05) is 18.3 Å². The smallest absolute Gasteiger partial charge is 0.321 e. The van der Waals surface area contributed by atoms with Crippen LogP contribution in [0.2, 0.25) is 0 Å². The van der Waals surface area contributed by atoms with Crippen LogP contribution in [0.15, 0.2) is 24.3 Å². The van der Waals surface area contributed by atoms with E-state index in [1.807, 2.05) is 25.1 Å². The molecule has 1 aromatic carbocycles. The summed E-state index contributed by atoms with van der Waals surface area (Å²) in [5, 5.41) is 5.02. The van der Waals surface area contributed by atoms with Gasteiger partial charge in [-0.15, -0.1) is 0 Å². The molecule has 0 saturated heterocycles. The summed E-state index contributed by atoms with van der Waals surface area (Å²) in [6.45, 7) is 4.86. The second-order valence-electron chi connectivity index (χ2n) is 5.45. The standard InChI is InChI=1S/C16H23N3O2/c1-3-10-17-16(21)18-15(20)11-19-12(2)8-9-13-6-4-5-7-14(13)19/h4-7,12H,3,8-11H2,1-2H3,(H2,17,18,20,21)/t12-/m0/s1. The van der Waals surface area contributed by atoms with Gasteiger partial charge in [-0.25, -0.2) is 4.79 Å². The molecule has 2 N–H and O–H groups in total. The van der Waals surface area contributed by atoms with Crippen LogP contribution in [0.25, 0.3) is 0 Å². The van der Waals surface area contributed by atoms with Gasteiger partial charge in [0.25, 0.3) is 0 Å². The first kappa shape index (κ1) is 15.4. The third-order valence-electron chi connectivity index (χ3n) is 3.77. The van der Waals surface area contributed by atoms with Gasteiger partial charge >= 0.3 is 6.03 Å². The van der Waals surface area contributed by atoms with Crippen molar-refractivity contribution in [3.05, 3.63) is 29.8 Å². The van der Waals surface area contributed by atoms with E-state index in [1.54, 1.807) is 0 Å². The van der Waals surface area contributed by atoms with Gasteiger partial charge in [-0.1, -0.05) is 25.1 Å². The summed E-state index contributed by atoms with van der Waals surface area (Å²) >= 11 is 0. The normalized spacial score (nSPS) is 17.0. The molecular weight excluding hydrogens is 266 g/mol. The van der Waals surface area contributed by atoms with E-state index < -0.39 is 6.03 Å². The molecule has 2 rings (SSSR count). The molecule has 1 atom stereocenters. The Hall–Kier alpha value is -2.04. The molecule has 0 saturated carbocycles. The molecule has 0 unspecified atom stereocenters. The molecule has 1 aliphatic rings. The zero-order valence-electron chi connectivity index (χ0n) is 12.7. The van der Waals surface area contributed by atoms with Crippen molar-refractivity contribution in [3.8, 4) is 0 Å². The highest BCUT2D eigenvalue weighted by atomic mass is 16.2. The van der Waals surface area contributed by atoms with Gasteiger partial charge in [0.05, 0.1) is 6.54 Å². The maximum Gasteiger partial charge on any atom is 0.321 e. The van der Waals surface area contributed by atoms with Crippen LogP contribution in [0.4, 0.5) is 10.5 Å². The first-order valence-corrected chi connectivity index (χ1v) is 7.54. The quantitative estimate of drug-likeness (QED) is 0.892. The minimum absolute atomic E-state index is 0.206. The molecule has 5 heteroatoms. The fourth-order valence-electron chi connectivity index (χ4n) is 2.60. The van der Waals surface area contributed by atoms with Crippen LogP contribution in [0, 0.1) is 0 Å². The van der Waals surface area contributed by atoms with Crippen molar-refractivity contribution in [1.29, 1.82) is 0 Å². The van der Waals surface area contributed by atoms with Crippen molar-refractivity contribution in [2.24, 2.45) is 0 Å². The Bertz CT molecular complexity index is 516. The lowest BCUT2D eigenvalue weighted by atomic mass is 9.97. The highest BCUT2D eigenvalue weighted by Crippen LogP contribution is 2.29. The highest BCUT2D eigenvalue weighted by molar-refractivity contribution is 5.96. The van der Waals surface area contributed by atoms with Gasteiger partial charge in [-0.05, 0) is 37.8 Å². The minimum Gasteiger partial charge on any atom is -0.359 e. The first-order valence-electron chi connectivity index (χ1n) is 7.54. The number of amides is 3. The second kappa shape index (κ2) is 7.11. The summed E-state index contributed by atoms with van der Waals surface area (Å²) in [7, 11) is 0. The predicted octanol–water partition coefficient (Wildman–Crippen LogP) is 2.06. The minimum atomic E-state index is -0.417. The van der Waals surface area contributed by atoms with E-state index in [-0.39, 0.29) is 12.5 Å². The van der Waals surface area contributed by atoms with Crippen LogP contribution >= 0.6 is 0 Å². The molecule has 1 aliphatic heterocycles. The van der Waals surface area contributed by atoms with Crippen molar-refractivity contribution in [3.63, 3.8) is 0 Å². The lowest BCUT2D eigenvalue weighted by Gasteiger charge is -2.36. The Kier molecular flexibility index (Phi) is 5.20. The highest BCUT2D eigenvalue weighted by Gasteiger charge is 2.24. The van der Waals surface area contributed by atoms with Gasteiger partial charge in [-0.3, -0.25) is 10.1 Å². The third-order valence-corrected chi connectivity index (χ3v) is 3.77. The van der Waals surface area contributed by atoms with E-state index in [2.05, 4.69) is 28.5 Å². The number of urea groups is 1. The Balaban J connectivity index is 1.98. The van der Waals surface area contributed by atoms with Crippen molar-refractivity contribution in [2.45, 2.75) is 39.2 Å². The molecule has 3 amide bonds. The summed E-state index contributed by atoms with van der Waals surface area (Å²) in [5.41, 5.74) is 2.36. The second-order valence-corrected chi connectivity index (χ2v) is 5.45. The van der Waals surface area contributed by atoms with Gasteiger partial charge < -0.3 is 10.2 Å². The monoisotopic (exact) mass is 289 g/mol. The van der Waals surface area contributed by atoms with E-state index in [9.17, 15) is 9.59 Å². The number of carbonyl (C=O) groups is 2. The number of aryl methyl sites for hydroxylation is 1. The number of benzene rings is 1. The van der Waals surface area contributed by atoms with Crippen LogP contribution in [0.3, 0.4) is 0 Å².